The van der Waals surface area contributed by atoms with Crippen molar-refractivity contribution in [2.45, 2.75) is 6.92 Å². The Bertz CT molecular complexity index is 582. The summed E-state index contributed by atoms with van der Waals surface area (Å²) in [5.74, 6) is 0.701. The van der Waals surface area contributed by atoms with Crippen molar-refractivity contribution < 1.29 is 9.66 Å². The number of aryl methyl sites for hydroxylation is 1. The molecule has 1 heterocycles. The minimum Gasteiger partial charge on any atom is -0.439 e. The number of aromatic nitrogens is 1. The number of hydrogen-bond acceptors (Lipinski definition) is 5. The molecule has 92 valence electrons. The average molecular weight is 245 g/mol. The minimum atomic E-state index is -0.551. The molecule has 0 atom stereocenters. The van der Waals surface area contributed by atoms with Crippen molar-refractivity contribution in [3.63, 3.8) is 0 Å². The van der Waals surface area contributed by atoms with Crippen LogP contribution >= 0.6 is 0 Å². The third-order valence-electron chi connectivity index (χ3n) is 2.31. The van der Waals surface area contributed by atoms with Crippen LogP contribution in [0.5, 0.6) is 11.6 Å². The summed E-state index contributed by atoms with van der Waals surface area (Å²) in [6.07, 6.45) is 1.65. The van der Waals surface area contributed by atoms with Gasteiger partial charge in [-0.3, -0.25) is 10.1 Å². The van der Waals surface area contributed by atoms with E-state index in [4.69, 9.17) is 10.5 Å². The van der Waals surface area contributed by atoms with Gasteiger partial charge in [-0.15, -0.1) is 0 Å². The first-order valence-electron chi connectivity index (χ1n) is 5.20. The van der Waals surface area contributed by atoms with Crippen molar-refractivity contribution in [3.05, 3.63) is 52.2 Å². The lowest BCUT2D eigenvalue weighted by atomic mass is 10.2. The summed E-state index contributed by atoms with van der Waals surface area (Å²) in [6, 6.07) is 7.80. The molecule has 1 aromatic carbocycles. The van der Waals surface area contributed by atoms with E-state index in [1.54, 1.807) is 18.3 Å². The van der Waals surface area contributed by atoms with Gasteiger partial charge in [0.1, 0.15) is 11.4 Å². The summed E-state index contributed by atoms with van der Waals surface area (Å²) >= 11 is 0. The van der Waals surface area contributed by atoms with E-state index in [0.717, 1.165) is 5.56 Å². The number of nitro groups is 1. The maximum absolute atomic E-state index is 10.7. The van der Waals surface area contributed by atoms with Gasteiger partial charge in [0.25, 0.3) is 5.69 Å². The molecule has 6 heteroatoms. The van der Waals surface area contributed by atoms with Gasteiger partial charge in [-0.25, -0.2) is 4.98 Å². The van der Waals surface area contributed by atoms with Crippen molar-refractivity contribution in [3.8, 4) is 11.6 Å². The number of ether oxygens (including phenoxy) is 1. The van der Waals surface area contributed by atoms with Gasteiger partial charge in [-0.2, -0.15) is 0 Å². The van der Waals surface area contributed by atoms with E-state index in [9.17, 15) is 10.1 Å². The van der Waals surface area contributed by atoms with E-state index in [1.807, 2.05) is 13.0 Å². The third-order valence-corrected chi connectivity index (χ3v) is 2.31. The number of anilines is 1. The van der Waals surface area contributed by atoms with E-state index >= 15 is 0 Å². The van der Waals surface area contributed by atoms with E-state index in [0.29, 0.717) is 11.6 Å². The number of nitrogens with two attached hydrogens (primary N) is 1. The molecule has 2 N–H and O–H groups in total. The Hall–Kier alpha value is -2.63. The predicted octanol–water partition coefficient (Wildman–Crippen LogP) is 2.67. The zero-order chi connectivity index (χ0) is 13.1. The van der Waals surface area contributed by atoms with E-state index in [1.165, 1.54) is 12.1 Å². The molecule has 2 rings (SSSR count). The smallest absolute Gasteiger partial charge is 0.295 e. The van der Waals surface area contributed by atoms with E-state index in [2.05, 4.69) is 4.98 Å². The van der Waals surface area contributed by atoms with Gasteiger partial charge in [-0.05, 0) is 24.6 Å². The number of nitrogen functional groups attached to an aromatic ring is 1. The quantitative estimate of drug-likeness (QED) is 0.510. The second-order valence-corrected chi connectivity index (χ2v) is 3.75. The van der Waals surface area contributed by atoms with Gasteiger partial charge in [0, 0.05) is 12.3 Å². The van der Waals surface area contributed by atoms with Crippen LogP contribution in [-0.2, 0) is 0 Å². The number of nitrogens with zero attached hydrogens (tertiary/aromatic N) is 2. The van der Waals surface area contributed by atoms with Crippen LogP contribution in [0, 0.1) is 17.0 Å². The van der Waals surface area contributed by atoms with Crippen molar-refractivity contribution >= 4 is 11.4 Å². The molecule has 0 fully saturated rings. The Balaban J connectivity index is 2.27. The van der Waals surface area contributed by atoms with Gasteiger partial charge >= 0.3 is 0 Å². The van der Waals surface area contributed by atoms with Crippen LogP contribution in [0.15, 0.2) is 36.5 Å². The molecule has 1 aromatic heterocycles. The van der Waals surface area contributed by atoms with Gasteiger partial charge < -0.3 is 10.5 Å². The Morgan fingerprint density at radius 2 is 2.11 bits per heavy atom. The summed E-state index contributed by atoms with van der Waals surface area (Å²) in [5, 5.41) is 10.7. The monoisotopic (exact) mass is 245 g/mol. The fourth-order valence-electron chi connectivity index (χ4n) is 1.38. The third kappa shape index (κ3) is 2.54. The van der Waals surface area contributed by atoms with Gasteiger partial charge in [0.15, 0.2) is 0 Å². The predicted molar refractivity (Wildman–Crippen MR) is 66.6 cm³/mol. The molecule has 0 bridgehead atoms. The first-order valence-corrected chi connectivity index (χ1v) is 5.20. The Labute approximate surface area is 103 Å². The molecule has 0 unspecified atom stereocenters. The number of rotatable bonds is 3. The summed E-state index contributed by atoms with van der Waals surface area (Å²) in [6.45, 7) is 1.91. The van der Waals surface area contributed by atoms with Crippen LogP contribution in [-0.4, -0.2) is 9.91 Å². The molecule has 0 aliphatic carbocycles. The highest BCUT2D eigenvalue weighted by atomic mass is 16.6. The fraction of sp³-hybridized carbons (Fsp3) is 0.0833. The standard InChI is InChI=1S/C12H11N3O3/c1-8-2-5-12(14-7-8)18-9-3-4-10(13)11(6-9)15(16)17/h2-7H,13H2,1H3. The zero-order valence-corrected chi connectivity index (χ0v) is 9.66. The Morgan fingerprint density at radius 3 is 2.72 bits per heavy atom. The highest BCUT2D eigenvalue weighted by Gasteiger charge is 2.13. The van der Waals surface area contributed by atoms with Crippen LogP contribution in [0.1, 0.15) is 5.56 Å². The van der Waals surface area contributed by atoms with E-state index in [-0.39, 0.29) is 11.4 Å². The van der Waals surface area contributed by atoms with Gasteiger partial charge in [0.2, 0.25) is 5.88 Å². The summed E-state index contributed by atoms with van der Waals surface area (Å²) in [7, 11) is 0. The maximum Gasteiger partial charge on any atom is 0.295 e. The number of pyridine rings is 1. The number of benzene rings is 1. The average Bonchev–Trinajstić information content (AvgIpc) is 2.34. The highest BCUT2D eigenvalue weighted by Crippen LogP contribution is 2.28. The molecule has 0 aliphatic rings. The van der Waals surface area contributed by atoms with Crippen LogP contribution in [0.4, 0.5) is 11.4 Å². The lowest BCUT2D eigenvalue weighted by Crippen LogP contribution is -1.96. The van der Waals surface area contributed by atoms with Crippen molar-refractivity contribution in [1.29, 1.82) is 0 Å². The SMILES string of the molecule is Cc1ccc(Oc2ccc(N)c([N+](=O)[O-])c2)nc1. The molecule has 0 spiro atoms. The molecule has 2 aromatic rings. The molecular weight excluding hydrogens is 234 g/mol. The molecule has 18 heavy (non-hydrogen) atoms. The molecule has 0 saturated heterocycles. The Kier molecular flexibility index (Phi) is 3.09. The summed E-state index contributed by atoms with van der Waals surface area (Å²) < 4.78 is 5.41. The number of hydrogen-bond donors (Lipinski definition) is 1. The lowest BCUT2D eigenvalue weighted by molar-refractivity contribution is -0.384. The molecular formula is C12H11N3O3. The topological polar surface area (TPSA) is 91.3 Å². The van der Waals surface area contributed by atoms with Gasteiger partial charge in [-0.1, -0.05) is 6.07 Å². The minimum absolute atomic E-state index is 0.101. The summed E-state index contributed by atoms with van der Waals surface area (Å²) in [5.41, 5.74) is 6.42. The fourth-order valence-corrected chi connectivity index (χ4v) is 1.38. The molecule has 0 amide bonds. The van der Waals surface area contributed by atoms with Crippen LogP contribution in [0.25, 0.3) is 0 Å². The molecule has 0 radical (unpaired) electrons. The first-order chi connectivity index (χ1) is 8.56. The second kappa shape index (κ2) is 4.70. The molecule has 0 saturated carbocycles. The van der Waals surface area contributed by atoms with Gasteiger partial charge in [0.05, 0.1) is 11.0 Å². The largest absolute Gasteiger partial charge is 0.439 e. The van der Waals surface area contributed by atoms with Crippen LogP contribution < -0.4 is 10.5 Å². The number of nitro benzene ring substituents is 1. The Morgan fingerprint density at radius 1 is 1.33 bits per heavy atom. The highest BCUT2D eigenvalue weighted by molar-refractivity contribution is 5.60. The summed E-state index contributed by atoms with van der Waals surface area (Å²) in [4.78, 5) is 14.2. The van der Waals surface area contributed by atoms with Crippen LogP contribution in [0.3, 0.4) is 0 Å². The molecule has 6 nitrogen and oxygen atoms in total. The molecule has 0 aliphatic heterocycles. The van der Waals surface area contributed by atoms with Crippen molar-refractivity contribution in [2.24, 2.45) is 0 Å². The maximum atomic E-state index is 10.7. The van der Waals surface area contributed by atoms with Crippen molar-refractivity contribution in [1.82, 2.24) is 4.98 Å². The second-order valence-electron chi connectivity index (χ2n) is 3.75. The van der Waals surface area contributed by atoms with Crippen LogP contribution in [0.2, 0.25) is 0 Å². The first kappa shape index (κ1) is 11.8. The zero-order valence-electron chi connectivity index (χ0n) is 9.66. The normalized spacial score (nSPS) is 10.1. The van der Waals surface area contributed by atoms with Crippen molar-refractivity contribution in [2.75, 3.05) is 5.73 Å². The lowest BCUT2D eigenvalue weighted by Gasteiger charge is -2.05. The van der Waals surface area contributed by atoms with E-state index < -0.39 is 4.92 Å².